The van der Waals surface area contributed by atoms with Crippen LogP contribution in [-0.2, 0) is 4.74 Å². The SMILES string of the molecule is CCOCC(C)n1c(C(C)Cl)nc2cc(Cl)c(Cl)cc21. The molecule has 6 heteroatoms. The van der Waals surface area contributed by atoms with E-state index in [0.717, 1.165) is 16.9 Å². The van der Waals surface area contributed by atoms with E-state index in [4.69, 9.17) is 39.5 Å². The van der Waals surface area contributed by atoms with Crippen LogP contribution in [0.4, 0.5) is 0 Å². The first-order valence-electron chi connectivity index (χ1n) is 6.54. The zero-order valence-electron chi connectivity index (χ0n) is 11.7. The lowest BCUT2D eigenvalue weighted by Gasteiger charge is -2.18. The summed E-state index contributed by atoms with van der Waals surface area (Å²) in [4.78, 5) is 4.58. The molecule has 2 rings (SSSR count). The first-order chi connectivity index (χ1) is 9.45. The summed E-state index contributed by atoms with van der Waals surface area (Å²) in [6, 6.07) is 3.72. The number of aromatic nitrogens is 2. The molecule has 2 unspecified atom stereocenters. The summed E-state index contributed by atoms with van der Waals surface area (Å²) < 4.78 is 7.58. The van der Waals surface area contributed by atoms with Gasteiger partial charge in [0.25, 0.3) is 0 Å². The smallest absolute Gasteiger partial charge is 0.128 e. The zero-order chi connectivity index (χ0) is 14.9. The maximum Gasteiger partial charge on any atom is 0.128 e. The zero-order valence-corrected chi connectivity index (χ0v) is 13.9. The Morgan fingerprint density at radius 2 is 1.90 bits per heavy atom. The highest BCUT2D eigenvalue weighted by molar-refractivity contribution is 6.42. The molecule has 110 valence electrons. The van der Waals surface area contributed by atoms with E-state index in [1.54, 1.807) is 6.07 Å². The summed E-state index contributed by atoms with van der Waals surface area (Å²) in [6.45, 7) is 7.21. The van der Waals surface area contributed by atoms with Crippen molar-refractivity contribution in [3.8, 4) is 0 Å². The normalized spacial score (nSPS) is 14.7. The maximum atomic E-state index is 6.25. The fourth-order valence-electron chi connectivity index (χ4n) is 2.22. The Bertz CT molecular complexity index is 610. The van der Waals surface area contributed by atoms with Crippen LogP contribution < -0.4 is 0 Å². The van der Waals surface area contributed by atoms with E-state index in [1.165, 1.54) is 0 Å². The molecule has 1 aromatic heterocycles. The molecule has 3 nitrogen and oxygen atoms in total. The Hall–Kier alpha value is -0.480. The topological polar surface area (TPSA) is 27.1 Å². The van der Waals surface area contributed by atoms with Crippen LogP contribution in [0, 0.1) is 0 Å². The number of hydrogen-bond acceptors (Lipinski definition) is 2. The third-order valence-electron chi connectivity index (χ3n) is 3.12. The molecule has 0 amide bonds. The van der Waals surface area contributed by atoms with Gasteiger partial charge < -0.3 is 9.30 Å². The second kappa shape index (κ2) is 6.52. The molecule has 0 N–H and O–H groups in total. The molecule has 20 heavy (non-hydrogen) atoms. The Morgan fingerprint density at radius 1 is 1.25 bits per heavy atom. The number of imidazole rings is 1. The molecule has 0 bridgehead atoms. The molecule has 0 aliphatic carbocycles. The second-order valence-electron chi connectivity index (χ2n) is 4.72. The van der Waals surface area contributed by atoms with E-state index < -0.39 is 0 Å². The van der Waals surface area contributed by atoms with Gasteiger partial charge in [-0.1, -0.05) is 23.2 Å². The number of benzene rings is 1. The molecule has 0 fully saturated rings. The maximum absolute atomic E-state index is 6.25. The summed E-state index contributed by atoms with van der Waals surface area (Å²) in [5.74, 6) is 0.798. The molecule has 1 heterocycles. The average Bonchev–Trinajstić information content (AvgIpc) is 2.75. The third-order valence-corrected chi connectivity index (χ3v) is 4.04. The molecule has 0 spiro atoms. The Balaban J connectivity index is 2.58. The van der Waals surface area contributed by atoms with E-state index in [9.17, 15) is 0 Å². The first kappa shape index (κ1) is 15.9. The van der Waals surface area contributed by atoms with Gasteiger partial charge in [-0.25, -0.2) is 4.98 Å². The van der Waals surface area contributed by atoms with Crippen LogP contribution in [-0.4, -0.2) is 22.8 Å². The van der Waals surface area contributed by atoms with Crippen molar-refractivity contribution in [1.29, 1.82) is 0 Å². The molecule has 0 radical (unpaired) electrons. The highest BCUT2D eigenvalue weighted by atomic mass is 35.5. The van der Waals surface area contributed by atoms with Gasteiger partial charge in [-0.15, -0.1) is 11.6 Å². The molecule has 2 atom stereocenters. The molecule has 0 saturated heterocycles. The fourth-order valence-corrected chi connectivity index (χ4v) is 2.69. The predicted molar refractivity (Wildman–Crippen MR) is 85.2 cm³/mol. The minimum atomic E-state index is -0.205. The number of rotatable bonds is 5. The highest BCUT2D eigenvalue weighted by Crippen LogP contribution is 2.33. The first-order valence-corrected chi connectivity index (χ1v) is 7.73. The van der Waals surface area contributed by atoms with Gasteiger partial charge in [0.15, 0.2) is 0 Å². The van der Waals surface area contributed by atoms with Crippen LogP contribution in [0.2, 0.25) is 10.0 Å². The van der Waals surface area contributed by atoms with E-state index >= 15 is 0 Å². The van der Waals surface area contributed by atoms with Crippen molar-refractivity contribution in [3.63, 3.8) is 0 Å². The summed E-state index contributed by atoms with van der Waals surface area (Å²) in [6.07, 6.45) is 0. The lowest BCUT2D eigenvalue weighted by Crippen LogP contribution is -2.15. The number of nitrogens with zero attached hydrogens (tertiary/aromatic N) is 2. The fraction of sp³-hybridized carbons (Fsp3) is 0.500. The quantitative estimate of drug-likeness (QED) is 0.699. The standard InChI is InChI=1S/C14H17Cl3N2O/c1-4-20-7-8(2)19-13-6-11(17)10(16)5-12(13)18-14(19)9(3)15/h5-6,8-9H,4,7H2,1-3H3. The molecule has 2 aromatic rings. The lowest BCUT2D eigenvalue weighted by atomic mass is 10.2. The van der Waals surface area contributed by atoms with E-state index in [2.05, 4.69) is 16.5 Å². The van der Waals surface area contributed by atoms with Crippen LogP contribution in [0.1, 0.15) is 38.0 Å². The van der Waals surface area contributed by atoms with E-state index in [0.29, 0.717) is 23.3 Å². The van der Waals surface area contributed by atoms with Crippen molar-refractivity contribution in [2.75, 3.05) is 13.2 Å². The van der Waals surface area contributed by atoms with Crippen molar-refractivity contribution < 1.29 is 4.74 Å². The predicted octanol–water partition coefficient (Wildman–Crippen LogP) is 5.24. The van der Waals surface area contributed by atoms with Crippen molar-refractivity contribution in [2.45, 2.75) is 32.2 Å². The molecule has 1 aromatic carbocycles. The van der Waals surface area contributed by atoms with Gasteiger partial charge in [0.1, 0.15) is 5.82 Å². The number of fused-ring (bicyclic) bond motifs is 1. The Kier molecular flexibility index (Phi) is 5.19. The van der Waals surface area contributed by atoms with Gasteiger partial charge in [-0.05, 0) is 32.9 Å². The minimum Gasteiger partial charge on any atom is -0.380 e. The summed E-state index contributed by atoms with van der Waals surface area (Å²) >= 11 is 18.4. The molecule has 0 aliphatic rings. The Morgan fingerprint density at radius 3 is 2.50 bits per heavy atom. The average molecular weight is 336 g/mol. The van der Waals surface area contributed by atoms with Gasteiger partial charge >= 0.3 is 0 Å². The molecule has 0 saturated carbocycles. The van der Waals surface area contributed by atoms with Gasteiger partial charge in [-0.2, -0.15) is 0 Å². The second-order valence-corrected chi connectivity index (χ2v) is 6.19. The molecular weight excluding hydrogens is 319 g/mol. The minimum absolute atomic E-state index is 0.119. The summed E-state index contributed by atoms with van der Waals surface area (Å²) in [5.41, 5.74) is 1.72. The van der Waals surface area contributed by atoms with E-state index in [1.807, 2.05) is 19.9 Å². The van der Waals surface area contributed by atoms with Gasteiger partial charge in [0.05, 0.1) is 39.1 Å². The van der Waals surface area contributed by atoms with Crippen LogP contribution in [0.5, 0.6) is 0 Å². The van der Waals surface area contributed by atoms with Crippen LogP contribution in [0.3, 0.4) is 0 Å². The van der Waals surface area contributed by atoms with Crippen molar-refractivity contribution >= 4 is 45.8 Å². The summed E-state index contributed by atoms with van der Waals surface area (Å²) in [7, 11) is 0. The van der Waals surface area contributed by atoms with Gasteiger partial charge in [0, 0.05) is 6.61 Å². The summed E-state index contributed by atoms with van der Waals surface area (Å²) in [5, 5.41) is 0.803. The van der Waals surface area contributed by atoms with Crippen LogP contribution in [0.15, 0.2) is 12.1 Å². The van der Waals surface area contributed by atoms with Crippen molar-refractivity contribution in [2.24, 2.45) is 0 Å². The largest absolute Gasteiger partial charge is 0.380 e. The van der Waals surface area contributed by atoms with Crippen molar-refractivity contribution in [3.05, 3.63) is 28.0 Å². The monoisotopic (exact) mass is 334 g/mol. The number of halogens is 3. The number of alkyl halides is 1. The number of ether oxygens (including phenoxy) is 1. The lowest BCUT2D eigenvalue weighted by molar-refractivity contribution is 0.119. The van der Waals surface area contributed by atoms with Gasteiger partial charge in [0.2, 0.25) is 0 Å². The van der Waals surface area contributed by atoms with Crippen molar-refractivity contribution in [1.82, 2.24) is 9.55 Å². The molecular formula is C14H17Cl3N2O. The van der Waals surface area contributed by atoms with Gasteiger partial charge in [-0.3, -0.25) is 0 Å². The number of hydrogen-bond donors (Lipinski definition) is 0. The van der Waals surface area contributed by atoms with Crippen LogP contribution in [0.25, 0.3) is 11.0 Å². The van der Waals surface area contributed by atoms with E-state index in [-0.39, 0.29) is 11.4 Å². The third kappa shape index (κ3) is 3.06. The Labute approximate surface area is 133 Å². The molecule has 0 aliphatic heterocycles. The highest BCUT2D eigenvalue weighted by Gasteiger charge is 2.20. The van der Waals surface area contributed by atoms with Crippen LogP contribution >= 0.6 is 34.8 Å².